The van der Waals surface area contributed by atoms with Gasteiger partial charge < -0.3 is 5.11 Å². The molecular formula is C11H13NO3S. The average molecular weight is 239 g/mol. The lowest BCUT2D eigenvalue weighted by atomic mass is 9.98. The summed E-state index contributed by atoms with van der Waals surface area (Å²) < 4.78 is 22.8. The van der Waals surface area contributed by atoms with E-state index in [-0.39, 0.29) is 10.6 Å². The van der Waals surface area contributed by atoms with Crippen LogP contribution in [0.1, 0.15) is 19.4 Å². The molecule has 1 rings (SSSR count). The van der Waals surface area contributed by atoms with Crippen LogP contribution < -0.4 is 0 Å². The van der Waals surface area contributed by atoms with Gasteiger partial charge in [-0.2, -0.15) is 0 Å². The molecule has 1 aromatic carbocycles. The first-order chi connectivity index (χ1) is 7.14. The second-order valence-electron chi connectivity index (χ2n) is 4.16. The zero-order valence-electron chi connectivity index (χ0n) is 9.35. The maximum absolute atomic E-state index is 11.4. The second kappa shape index (κ2) is 3.89. The highest BCUT2D eigenvalue weighted by Gasteiger charge is 2.19. The summed E-state index contributed by atoms with van der Waals surface area (Å²) in [5.74, 6) is 0. The molecule has 0 saturated heterocycles. The largest absolute Gasteiger partial charge is 0.386 e. The van der Waals surface area contributed by atoms with Gasteiger partial charge in [0, 0.05) is 6.26 Å². The lowest BCUT2D eigenvalue weighted by molar-refractivity contribution is 0.0784. The minimum absolute atomic E-state index is 0.0538. The van der Waals surface area contributed by atoms with Gasteiger partial charge >= 0.3 is 0 Å². The molecule has 4 nitrogen and oxygen atoms in total. The van der Waals surface area contributed by atoms with Gasteiger partial charge in [0.25, 0.3) is 0 Å². The van der Waals surface area contributed by atoms with Crippen molar-refractivity contribution in [3.05, 3.63) is 35.2 Å². The summed E-state index contributed by atoms with van der Waals surface area (Å²) in [6.07, 6.45) is 1.07. The van der Waals surface area contributed by atoms with Crippen molar-refractivity contribution < 1.29 is 13.5 Å². The van der Waals surface area contributed by atoms with E-state index < -0.39 is 15.4 Å². The van der Waals surface area contributed by atoms with Gasteiger partial charge in [-0.3, -0.25) is 0 Å². The van der Waals surface area contributed by atoms with Gasteiger partial charge in [0.05, 0.1) is 17.1 Å². The van der Waals surface area contributed by atoms with E-state index in [2.05, 4.69) is 4.85 Å². The zero-order chi connectivity index (χ0) is 12.6. The summed E-state index contributed by atoms with van der Waals surface area (Å²) in [6, 6.07) is 4.18. The normalized spacial score (nSPS) is 12.2. The summed E-state index contributed by atoms with van der Waals surface area (Å²) in [7, 11) is -3.37. The standard InChI is InChI=1S/C11H13NO3S/c1-11(2,13)8-5-9(12-3)7-10(6-8)16(4,14)15/h5-7,13H,1-2,4H3. The summed E-state index contributed by atoms with van der Waals surface area (Å²) in [5.41, 5.74) is -0.540. The third-order valence-corrected chi connectivity index (χ3v) is 3.25. The zero-order valence-corrected chi connectivity index (χ0v) is 10.2. The summed E-state index contributed by atoms with van der Waals surface area (Å²) in [6.45, 7) is 9.98. The van der Waals surface area contributed by atoms with Crippen LogP contribution in [-0.4, -0.2) is 19.8 Å². The van der Waals surface area contributed by atoms with Gasteiger partial charge in [0.15, 0.2) is 15.5 Å². The minimum atomic E-state index is -3.37. The molecule has 0 atom stereocenters. The molecule has 86 valence electrons. The predicted octanol–water partition coefficient (Wildman–Crippen LogP) is 1.87. The highest BCUT2D eigenvalue weighted by Crippen LogP contribution is 2.28. The van der Waals surface area contributed by atoms with E-state index in [4.69, 9.17) is 6.57 Å². The third-order valence-electron chi connectivity index (χ3n) is 2.15. The Labute approximate surface area is 95.3 Å². The molecule has 1 aromatic rings. The second-order valence-corrected chi connectivity index (χ2v) is 6.17. The Kier molecular flexibility index (Phi) is 3.08. The highest BCUT2D eigenvalue weighted by molar-refractivity contribution is 7.90. The van der Waals surface area contributed by atoms with Crippen LogP contribution in [0.5, 0.6) is 0 Å². The molecule has 0 aliphatic heterocycles. The van der Waals surface area contributed by atoms with E-state index in [9.17, 15) is 13.5 Å². The predicted molar refractivity (Wildman–Crippen MR) is 61.1 cm³/mol. The Bertz CT molecular complexity index is 548. The van der Waals surface area contributed by atoms with Crippen LogP contribution in [0, 0.1) is 6.57 Å². The topological polar surface area (TPSA) is 58.7 Å². The maximum atomic E-state index is 11.4. The van der Waals surface area contributed by atoms with Gasteiger partial charge in [0.2, 0.25) is 0 Å². The first-order valence-electron chi connectivity index (χ1n) is 4.60. The number of benzene rings is 1. The molecule has 0 heterocycles. The molecule has 0 amide bonds. The Morgan fingerprint density at radius 2 is 1.88 bits per heavy atom. The molecule has 0 radical (unpaired) electrons. The lowest BCUT2D eigenvalue weighted by Crippen LogP contribution is -2.16. The third kappa shape index (κ3) is 2.81. The molecular weight excluding hydrogens is 226 g/mol. The fraction of sp³-hybridized carbons (Fsp3) is 0.364. The number of nitrogens with zero attached hydrogens (tertiary/aromatic N) is 1. The summed E-state index contributed by atoms with van der Waals surface area (Å²) in [4.78, 5) is 3.25. The van der Waals surface area contributed by atoms with Crippen LogP contribution in [0.4, 0.5) is 5.69 Å². The quantitative estimate of drug-likeness (QED) is 0.801. The van der Waals surface area contributed by atoms with Crippen LogP contribution in [0.3, 0.4) is 0 Å². The average Bonchev–Trinajstić information content (AvgIpc) is 2.14. The van der Waals surface area contributed by atoms with E-state index in [1.165, 1.54) is 18.2 Å². The van der Waals surface area contributed by atoms with Crippen molar-refractivity contribution in [1.82, 2.24) is 0 Å². The Morgan fingerprint density at radius 3 is 2.25 bits per heavy atom. The Balaban J connectivity index is 3.53. The number of hydrogen-bond acceptors (Lipinski definition) is 3. The first-order valence-corrected chi connectivity index (χ1v) is 6.49. The molecule has 0 saturated carbocycles. The molecule has 0 unspecified atom stereocenters. The minimum Gasteiger partial charge on any atom is -0.386 e. The molecule has 0 bridgehead atoms. The van der Waals surface area contributed by atoms with Crippen LogP contribution in [0.15, 0.2) is 23.1 Å². The van der Waals surface area contributed by atoms with E-state index in [1.807, 2.05) is 0 Å². The van der Waals surface area contributed by atoms with Gasteiger partial charge in [-0.05, 0) is 31.5 Å². The fourth-order valence-corrected chi connectivity index (χ4v) is 1.89. The number of aliphatic hydroxyl groups is 1. The molecule has 5 heteroatoms. The summed E-state index contributed by atoms with van der Waals surface area (Å²) in [5, 5.41) is 9.80. The smallest absolute Gasteiger partial charge is 0.188 e. The van der Waals surface area contributed by atoms with Crippen molar-refractivity contribution in [3.63, 3.8) is 0 Å². The maximum Gasteiger partial charge on any atom is 0.188 e. The van der Waals surface area contributed by atoms with Crippen molar-refractivity contribution >= 4 is 15.5 Å². The van der Waals surface area contributed by atoms with Gasteiger partial charge in [0.1, 0.15) is 0 Å². The van der Waals surface area contributed by atoms with Crippen LogP contribution in [0.25, 0.3) is 4.85 Å². The van der Waals surface area contributed by atoms with E-state index in [0.29, 0.717) is 5.56 Å². The van der Waals surface area contributed by atoms with Crippen molar-refractivity contribution in [1.29, 1.82) is 0 Å². The molecule has 16 heavy (non-hydrogen) atoms. The number of sulfone groups is 1. The van der Waals surface area contributed by atoms with E-state index in [1.54, 1.807) is 13.8 Å². The summed E-state index contributed by atoms with van der Waals surface area (Å²) >= 11 is 0. The SMILES string of the molecule is [C-]#[N+]c1cc(C(C)(C)O)cc(S(C)(=O)=O)c1. The number of rotatable bonds is 2. The molecule has 0 aliphatic carbocycles. The van der Waals surface area contributed by atoms with Crippen molar-refractivity contribution in [2.24, 2.45) is 0 Å². The Morgan fingerprint density at radius 1 is 1.31 bits per heavy atom. The van der Waals surface area contributed by atoms with E-state index in [0.717, 1.165) is 6.26 Å². The van der Waals surface area contributed by atoms with Gasteiger partial charge in [-0.15, -0.1) is 0 Å². The fourth-order valence-electron chi connectivity index (χ4n) is 1.22. The van der Waals surface area contributed by atoms with Gasteiger partial charge in [-0.25, -0.2) is 13.3 Å². The van der Waals surface area contributed by atoms with Crippen LogP contribution >= 0.6 is 0 Å². The number of hydrogen-bond donors (Lipinski definition) is 1. The van der Waals surface area contributed by atoms with Crippen molar-refractivity contribution in [3.8, 4) is 0 Å². The molecule has 1 N–H and O–H groups in total. The van der Waals surface area contributed by atoms with Crippen LogP contribution in [-0.2, 0) is 15.4 Å². The van der Waals surface area contributed by atoms with Crippen LogP contribution in [0.2, 0.25) is 0 Å². The molecule has 0 spiro atoms. The molecule has 0 fully saturated rings. The van der Waals surface area contributed by atoms with Crippen molar-refractivity contribution in [2.75, 3.05) is 6.26 Å². The Hall–Kier alpha value is -1.38. The molecule has 0 aromatic heterocycles. The monoisotopic (exact) mass is 239 g/mol. The highest BCUT2D eigenvalue weighted by atomic mass is 32.2. The molecule has 0 aliphatic rings. The van der Waals surface area contributed by atoms with Gasteiger partial charge in [-0.1, -0.05) is 6.07 Å². The van der Waals surface area contributed by atoms with E-state index >= 15 is 0 Å². The first kappa shape index (κ1) is 12.7. The van der Waals surface area contributed by atoms with Crippen molar-refractivity contribution in [2.45, 2.75) is 24.3 Å². The lowest BCUT2D eigenvalue weighted by Gasteiger charge is -2.19.